The first-order chi connectivity index (χ1) is 13.9. The highest BCUT2D eigenvalue weighted by molar-refractivity contribution is 14.1. The van der Waals surface area contributed by atoms with Crippen molar-refractivity contribution in [2.24, 2.45) is 5.92 Å². The maximum atomic E-state index is 13.4. The van der Waals surface area contributed by atoms with Crippen LogP contribution in [0.2, 0.25) is 0 Å². The summed E-state index contributed by atoms with van der Waals surface area (Å²) in [5.41, 5.74) is 3.05. The number of benzene rings is 2. The number of rotatable bonds is 4. The molecule has 4 rings (SSSR count). The predicted molar refractivity (Wildman–Crippen MR) is 128 cm³/mol. The molecule has 2 aromatic carbocycles. The molecular formula is C24H28IN3O. The minimum absolute atomic E-state index is 0.0848. The lowest BCUT2D eigenvalue weighted by Gasteiger charge is -2.35. The highest BCUT2D eigenvalue weighted by Crippen LogP contribution is 2.24. The van der Waals surface area contributed by atoms with E-state index in [0.29, 0.717) is 17.3 Å². The van der Waals surface area contributed by atoms with Gasteiger partial charge in [-0.25, -0.2) is 4.98 Å². The molecule has 1 aliphatic heterocycles. The lowest BCUT2D eigenvalue weighted by atomic mass is 9.96. The number of hydrogen-bond donors (Lipinski definition) is 0. The lowest BCUT2D eigenvalue weighted by molar-refractivity contribution is 0.129. The van der Waals surface area contributed by atoms with Gasteiger partial charge in [-0.2, -0.15) is 0 Å². The van der Waals surface area contributed by atoms with Crippen LogP contribution in [-0.4, -0.2) is 33.6 Å². The number of halogens is 1. The summed E-state index contributed by atoms with van der Waals surface area (Å²) in [5.74, 6) is 1.31. The summed E-state index contributed by atoms with van der Waals surface area (Å²) in [4.78, 5) is 20.7. The molecule has 0 aliphatic carbocycles. The van der Waals surface area contributed by atoms with Crippen LogP contribution in [-0.2, 0) is 6.54 Å². The third kappa shape index (κ3) is 4.40. The van der Waals surface area contributed by atoms with Crippen LogP contribution in [0.15, 0.2) is 47.3 Å². The highest BCUT2D eigenvalue weighted by Gasteiger charge is 2.23. The van der Waals surface area contributed by atoms with E-state index in [9.17, 15) is 4.79 Å². The summed E-state index contributed by atoms with van der Waals surface area (Å²) in [6, 6.07) is 15.0. The van der Waals surface area contributed by atoms with Crippen LogP contribution in [0.5, 0.6) is 0 Å². The first-order valence-corrected chi connectivity index (χ1v) is 11.5. The van der Waals surface area contributed by atoms with Crippen LogP contribution in [0.3, 0.4) is 0 Å². The number of aryl methyl sites for hydroxylation is 1. The quantitative estimate of drug-likeness (QED) is 0.468. The zero-order valence-electron chi connectivity index (χ0n) is 17.4. The molecule has 1 saturated heterocycles. The Labute approximate surface area is 186 Å². The van der Waals surface area contributed by atoms with E-state index in [1.54, 1.807) is 0 Å². The zero-order chi connectivity index (χ0) is 20.5. The van der Waals surface area contributed by atoms with Crippen LogP contribution in [0.1, 0.15) is 32.5 Å². The fourth-order valence-electron chi connectivity index (χ4n) is 4.34. The van der Waals surface area contributed by atoms with E-state index in [0.717, 1.165) is 42.1 Å². The normalized spacial score (nSPS) is 17.9. The Morgan fingerprint density at radius 1 is 1.14 bits per heavy atom. The first-order valence-electron chi connectivity index (χ1n) is 10.4. The van der Waals surface area contributed by atoms with Crippen LogP contribution in [0.25, 0.3) is 22.0 Å². The molecule has 1 fully saturated rings. The van der Waals surface area contributed by atoms with Crippen molar-refractivity contribution in [3.05, 3.63) is 62.2 Å². The predicted octanol–water partition coefficient (Wildman–Crippen LogP) is 5.10. The van der Waals surface area contributed by atoms with Gasteiger partial charge in [-0.05, 0) is 104 Å². The maximum Gasteiger partial charge on any atom is 0.261 e. The maximum absolute atomic E-state index is 13.4. The molecule has 1 aromatic heterocycles. The molecule has 4 nitrogen and oxygen atoms in total. The van der Waals surface area contributed by atoms with E-state index in [1.807, 2.05) is 23.6 Å². The minimum atomic E-state index is 0.0848. The second-order valence-corrected chi connectivity index (χ2v) is 9.66. The Balaban J connectivity index is 1.69. The van der Waals surface area contributed by atoms with Gasteiger partial charge in [0.2, 0.25) is 0 Å². The summed E-state index contributed by atoms with van der Waals surface area (Å²) < 4.78 is 3.10. The summed E-state index contributed by atoms with van der Waals surface area (Å²) in [5, 5.41) is 0.711. The Bertz CT molecular complexity index is 1070. The van der Waals surface area contributed by atoms with Crippen LogP contribution in [0.4, 0.5) is 0 Å². The minimum Gasteiger partial charge on any atom is -0.301 e. The van der Waals surface area contributed by atoms with Crippen molar-refractivity contribution in [2.45, 2.75) is 46.2 Å². The molecule has 1 atom stereocenters. The Hall–Kier alpha value is -1.73. The fourth-order valence-corrected chi connectivity index (χ4v) is 4.70. The average Bonchev–Trinajstić information content (AvgIpc) is 2.72. The zero-order valence-corrected chi connectivity index (χ0v) is 19.5. The summed E-state index contributed by atoms with van der Waals surface area (Å²) in [6.45, 7) is 9.44. The Morgan fingerprint density at radius 3 is 2.59 bits per heavy atom. The van der Waals surface area contributed by atoms with E-state index in [2.05, 4.69) is 71.7 Å². The highest BCUT2D eigenvalue weighted by atomic mass is 127. The van der Waals surface area contributed by atoms with Gasteiger partial charge in [0.05, 0.1) is 10.9 Å². The van der Waals surface area contributed by atoms with E-state index in [-0.39, 0.29) is 5.56 Å². The van der Waals surface area contributed by atoms with Crippen molar-refractivity contribution in [1.82, 2.24) is 14.5 Å². The molecule has 0 saturated carbocycles. The van der Waals surface area contributed by atoms with E-state index in [1.165, 1.54) is 16.4 Å². The molecule has 3 aromatic rings. The van der Waals surface area contributed by atoms with Gasteiger partial charge in [0.25, 0.3) is 5.56 Å². The number of likely N-dealkylation sites (tertiary alicyclic amines) is 1. The average molecular weight is 501 g/mol. The van der Waals surface area contributed by atoms with Gasteiger partial charge in [0.1, 0.15) is 5.82 Å². The van der Waals surface area contributed by atoms with Crippen molar-refractivity contribution < 1.29 is 0 Å². The molecule has 0 unspecified atom stereocenters. The Morgan fingerprint density at radius 2 is 1.86 bits per heavy atom. The van der Waals surface area contributed by atoms with E-state index >= 15 is 0 Å². The molecule has 5 heteroatoms. The number of fused-ring (bicyclic) bond motifs is 1. The molecule has 0 bridgehead atoms. The van der Waals surface area contributed by atoms with Gasteiger partial charge in [-0.15, -0.1) is 0 Å². The summed E-state index contributed by atoms with van der Waals surface area (Å²) >= 11 is 2.31. The molecule has 1 aliphatic rings. The molecule has 29 heavy (non-hydrogen) atoms. The largest absolute Gasteiger partial charge is 0.301 e. The third-order valence-corrected chi connectivity index (χ3v) is 6.76. The summed E-state index contributed by atoms with van der Waals surface area (Å²) in [6.07, 6.45) is 2.38. The SMILES string of the molecule is Cc1nc2ccc(-c3ccc(I)cc3)cc2c(=O)n1C[C@H]1CCCN(C(C)C)C1. The molecule has 2 heterocycles. The smallest absolute Gasteiger partial charge is 0.261 e. The van der Waals surface area contributed by atoms with Crippen LogP contribution in [0, 0.1) is 16.4 Å². The topological polar surface area (TPSA) is 38.1 Å². The second kappa shape index (κ2) is 8.56. The molecule has 0 radical (unpaired) electrons. The van der Waals surface area contributed by atoms with E-state index in [4.69, 9.17) is 4.98 Å². The molecule has 0 N–H and O–H groups in total. The van der Waals surface area contributed by atoms with Gasteiger partial charge in [0.15, 0.2) is 0 Å². The van der Waals surface area contributed by atoms with Crippen molar-refractivity contribution in [3.8, 4) is 11.1 Å². The van der Waals surface area contributed by atoms with Crippen molar-refractivity contribution in [1.29, 1.82) is 0 Å². The molecule has 0 spiro atoms. The molecule has 152 valence electrons. The fraction of sp³-hybridized carbons (Fsp3) is 0.417. The number of hydrogen-bond acceptors (Lipinski definition) is 3. The number of aromatic nitrogens is 2. The van der Waals surface area contributed by atoms with Crippen LogP contribution < -0.4 is 5.56 Å². The van der Waals surface area contributed by atoms with E-state index < -0.39 is 0 Å². The van der Waals surface area contributed by atoms with Gasteiger partial charge >= 0.3 is 0 Å². The van der Waals surface area contributed by atoms with Gasteiger partial charge in [0, 0.05) is 22.7 Å². The molecular weight excluding hydrogens is 473 g/mol. The number of nitrogens with zero attached hydrogens (tertiary/aromatic N) is 3. The van der Waals surface area contributed by atoms with Gasteiger partial charge in [-0.3, -0.25) is 9.36 Å². The summed E-state index contributed by atoms with van der Waals surface area (Å²) in [7, 11) is 0. The number of piperidine rings is 1. The first kappa shape index (κ1) is 20.5. The second-order valence-electron chi connectivity index (χ2n) is 8.41. The third-order valence-electron chi connectivity index (χ3n) is 6.04. The Kier molecular flexibility index (Phi) is 6.06. The standard InChI is InChI=1S/C24H28IN3O/c1-16(2)27-12-4-5-18(14-27)15-28-17(3)26-23-11-8-20(13-22(23)24(28)29)19-6-9-21(25)10-7-19/h6-11,13,16,18H,4-5,12,14-15H2,1-3H3/t18-/m0/s1. The van der Waals surface area contributed by atoms with Gasteiger partial charge in [-0.1, -0.05) is 18.2 Å². The monoisotopic (exact) mass is 501 g/mol. The molecule has 0 amide bonds. The van der Waals surface area contributed by atoms with Crippen LogP contribution >= 0.6 is 22.6 Å². The van der Waals surface area contributed by atoms with Crippen molar-refractivity contribution in [3.63, 3.8) is 0 Å². The van der Waals surface area contributed by atoms with Gasteiger partial charge < -0.3 is 4.90 Å². The van der Waals surface area contributed by atoms with Crippen molar-refractivity contribution in [2.75, 3.05) is 13.1 Å². The lowest BCUT2D eigenvalue weighted by Crippen LogP contribution is -2.42. The van der Waals surface area contributed by atoms with Crippen molar-refractivity contribution >= 4 is 33.5 Å².